The number of likely N-dealkylation sites (tertiary alicyclic amines) is 2. The van der Waals surface area contributed by atoms with Crippen LogP contribution in [0.4, 0.5) is 9.59 Å². The second-order valence-corrected chi connectivity index (χ2v) is 15.3. The van der Waals surface area contributed by atoms with Gasteiger partial charge in [0.1, 0.15) is 23.7 Å². The van der Waals surface area contributed by atoms with Gasteiger partial charge in [-0.25, -0.2) is 19.6 Å². The smallest absolute Gasteiger partial charge is 0.407 e. The molecule has 0 saturated carbocycles. The zero-order chi connectivity index (χ0) is 40.4. The number of carbonyl (C=O) groups excluding carboxylic acids is 4. The van der Waals surface area contributed by atoms with Crippen molar-refractivity contribution in [3.63, 3.8) is 0 Å². The Labute approximate surface area is 325 Å². The molecule has 0 radical (unpaired) electrons. The van der Waals surface area contributed by atoms with E-state index in [0.717, 1.165) is 46.5 Å². The lowest BCUT2D eigenvalue weighted by Crippen LogP contribution is -2.58. The molecule has 56 heavy (non-hydrogen) atoms. The lowest BCUT2D eigenvalue weighted by atomic mass is 9.97. The molecule has 2 fully saturated rings. The monoisotopic (exact) mass is 770 g/mol. The first-order valence-electron chi connectivity index (χ1n) is 18.6. The number of methoxy groups -OCH3 is 2. The Balaban J connectivity index is 1.12. The van der Waals surface area contributed by atoms with Crippen molar-refractivity contribution in [2.75, 3.05) is 27.3 Å². The number of H-pyrrole nitrogens is 2. The van der Waals surface area contributed by atoms with E-state index < -0.39 is 47.3 Å². The van der Waals surface area contributed by atoms with Crippen molar-refractivity contribution in [3.8, 4) is 33.6 Å². The summed E-state index contributed by atoms with van der Waals surface area (Å²) in [6, 6.07) is 13.0. The summed E-state index contributed by atoms with van der Waals surface area (Å²) in [5.41, 5.74) is 2.40. The summed E-state index contributed by atoms with van der Waals surface area (Å²) >= 11 is 0. The summed E-state index contributed by atoms with van der Waals surface area (Å²) in [6.07, 6.45) is 4.75. The molecule has 16 heteroatoms. The van der Waals surface area contributed by atoms with Crippen LogP contribution in [0.15, 0.2) is 60.9 Å². The number of ether oxygens (including phenoxy) is 2. The maximum Gasteiger partial charge on any atom is 0.407 e. The topological polar surface area (TPSA) is 215 Å². The number of imidazole rings is 2. The normalized spacial score (nSPS) is 18.4. The van der Waals surface area contributed by atoms with Gasteiger partial charge in [0, 0.05) is 13.1 Å². The quantitative estimate of drug-likeness (QED) is 0.126. The Hall–Kier alpha value is -5.74. The lowest BCUT2D eigenvalue weighted by Gasteiger charge is -2.34. The Morgan fingerprint density at radius 3 is 1.32 bits per heavy atom. The number of nitrogens with one attached hydrogen (secondary N) is 4. The number of carbonyl (C=O) groups is 4. The number of alkyl carbamates (subject to hydrolysis) is 2. The zero-order valence-electron chi connectivity index (χ0n) is 32.5. The molecule has 0 unspecified atom stereocenters. The van der Waals surface area contributed by atoms with Gasteiger partial charge in [0.05, 0.1) is 61.3 Å². The number of rotatable bonds is 11. The molecule has 4 heterocycles. The predicted octanol–water partition coefficient (Wildman–Crippen LogP) is 4.45. The van der Waals surface area contributed by atoms with Crippen molar-refractivity contribution < 1.29 is 38.9 Å². The summed E-state index contributed by atoms with van der Waals surface area (Å²) in [7, 11) is 2.41. The third-order valence-electron chi connectivity index (χ3n) is 10.4. The van der Waals surface area contributed by atoms with Crippen LogP contribution in [0.3, 0.4) is 0 Å². The highest BCUT2D eigenvalue weighted by molar-refractivity contribution is 5.88. The van der Waals surface area contributed by atoms with Crippen LogP contribution in [-0.4, -0.2) is 115 Å². The van der Waals surface area contributed by atoms with Gasteiger partial charge in [-0.2, -0.15) is 0 Å². The van der Waals surface area contributed by atoms with E-state index in [0.29, 0.717) is 37.6 Å². The van der Waals surface area contributed by atoms with E-state index in [9.17, 15) is 29.4 Å². The van der Waals surface area contributed by atoms with E-state index in [2.05, 4.69) is 40.0 Å². The van der Waals surface area contributed by atoms with Crippen molar-refractivity contribution in [1.29, 1.82) is 0 Å². The summed E-state index contributed by atoms with van der Waals surface area (Å²) in [5.74, 6) is 0.431. The molecule has 2 aromatic carbocycles. The van der Waals surface area contributed by atoms with Gasteiger partial charge in [-0.1, -0.05) is 48.5 Å². The molecule has 0 bridgehead atoms. The Morgan fingerprint density at radius 1 is 0.661 bits per heavy atom. The summed E-state index contributed by atoms with van der Waals surface area (Å²) in [4.78, 5) is 70.3. The fourth-order valence-corrected chi connectivity index (χ4v) is 7.39. The average molecular weight is 771 g/mol. The molecule has 2 saturated heterocycles. The molecule has 4 amide bonds. The lowest BCUT2D eigenvalue weighted by molar-refractivity contribution is -0.141. The van der Waals surface area contributed by atoms with Crippen LogP contribution < -0.4 is 10.6 Å². The summed E-state index contributed by atoms with van der Waals surface area (Å²) < 4.78 is 9.36. The molecule has 2 aliphatic heterocycles. The Bertz CT molecular complexity index is 1880. The Morgan fingerprint density at radius 2 is 1.00 bits per heavy atom. The van der Waals surface area contributed by atoms with E-state index in [-0.39, 0.29) is 12.1 Å². The fraction of sp³-hybridized carbons (Fsp3) is 0.450. The van der Waals surface area contributed by atoms with Gasteiger partial charge in [0.25, 0.3) is 0 Å². The van der Waals surface area contributed by atoms with Gasteiger partial charge in [0.2, 0.25) is 11.8 Å². The van der Waals surface area contributed by atoms with Gasteiger partial charge < -0.3 is 50.1 Å². The minimum Gasteiger partial charge on any atom is -0.453 e. The van der Waals surface area contributed by atoms with Crippen molar-refractivity contribution >= 4 is 24.0 Å². The van der Waals surface area contributed by atoms with E-state index in [4.69, 9.17) is 0 Å². The summed E-state index contributed by atoms with van der Waals surface area (Å²) in [6.45, 7) is 6.81. The molecule has 2 aliphatic rings. The molecule has 2 aromatic heterocycles. The van der Waals surface area contributed by atoms with Crippen molar-refractivity contribution in [2.45, 2.75) is 88.7 Å². The van der Waals surface area contributed by atoms with E-state index in [1.54, 1.807) is 22.2 Å². The highest BCUT2D eigenvalue weighted by Gasteiger charge is 2.44. The van der Waals surface area contributed by atoms with E-state index >= 15 is 0 Å². The number of amides is 4. The van der Waals surface area contributed by atoms with E-state index in [1.807, 2.05) is 48.5 Å². The Kier molecular flexibility index (Phi) is 11.5. The molecule has 6 N–H and O–H groups in total. The van der Waals surface area contributed by atoms with Crippen molar-refractivity contribution in [2.24, 2.45) is 0 Å². The number of hydrogen-bond donors (Lipinski definition) is 6. The first-order valence-corrected chi connectivity index (χ1v) is 18.6. The molecule has 0 aliphatic carbocycles. The van der Waals surface area contributed by atoms with Crippen LogP contribution in [0.1, 0.15) is 77.1 Å². The van der Waals surface area contributed by atoms with Crippen molar-refractivity contribution in [1.82, 2.24) is 40.4 Å². The first-order chi connectivity index (χ1) is 26.6. The molecular formula is C40H50N8O8. The minimum absolute atomic E-state index is 0.342. The van der Waals surface area contributed by atoms with Crippen molar-refractivity contribution in [3.05, 3.63) is 72.6 Å². The fourth-order valence-electron chi connectivity index (χ4n) is 7.39. The van der Waals surface area contributed by atoms with Gasteiger partial charge in [-0.3, -0.25) is 9.59 Å². The number of aromatic amines is 2. The van der Waals surface area contributed by atoms with Crippen LogP contribution in [-0.2, 0) is 19.1 Å². The van der Waals surface area contributed by atoms with Crippen LogP contribution in [0.2, 0.25) is 0 Å². The number of benzene rings is 2. The first kappa shape index (κ1) is 39.9. The molecule has 6 rings (SSSR count). The van der Waals surface area contributed by atoms with Gasteiger partial charge in [-0.05, 0) is 75.6 Å². The van der Waals surface area contributed by atoms with E-state index in [1.165, 1.54) is 41.9 Å². The standard InChI is InChI=1S/C40H50N8O8/c1-39(2,53)31(45-37(51)55-5)35(49)47-19-7-9-29(47)33-41-21-27(43-33)25-15-11-23(12-16-25)24-13-17-26(18-14-24)28-22-42-34(44-28)30-10-8-20-48(30)36(50)32(40(3,4)54)46-38(52)56-6/h11-18,21-22,29-32,53-54H,7-10,19-20H2,1-6H3,(H,41,43)(H,42,44)(H,45,51)(H,46,52)/t29-,30-,31+,32+/m0/s1. The van der Waals surface area contributed by atoms with Crippen LogP contribution in [0.25, 0.3) is 33.6 Å². The number of aromatic nitrogens is 4. The molecule has 4 atom stereocenters. The second kappa shape index (κ2) is 16.2. The maximum absolute atomic E-state index is 13.6. The highest BCUT2D eigenvalue weighted by atomic mass is 16.5. The SMILES string of the molecule is COC(=O)N[C@H](C(=O)N1CCC[C@H]1c1ncc(-c2ccc(-c3ccc(-c4cnc([C@@H]5CCCN5C(=O)[C@@H](NC(=O)OC)C(C)(C)O)[nH]4)cc3)cc2)[nH]1)C(C)(C)O. The third kappa shape index (κ3) is 8.55. The van der Waals surface area contributed by atoms with Gasteiger partial charge in [0.15, 0.2) is 0 Å². The van der Waals surface area contributed by atoms with Crippen LogP contribution >= 0.6 is 0 Å². The maximum atomic E-state index is 13.6. The predicted molar refractivity (Wildman–Crippen MR) is 206 cm³/mol. The molecule has 16 nitrogen and oxygen atoms in total. The zero-order valence-corrected chi connectivity index (χ0v) is 32.5. The van der Waals surface area contributed by atoms with Crippen LogP contribution in [0.5, 0.6) is 0 Å². The molecular weight excluding hydrogens is 720 g/mol. The molecule has 4 aromatic rings. The highest BCUT2D eigenvalue weighted by Crippen LogP contribution is 2.35. The number of hydrogen-bond acceptors (Lipinski definition) is 10. The third-order valence-corrected chi connectivity index (χ3v) is 10.4. The average Bonchev–Trinajstić information content (AvgIpc) is 4.01. The second-order valence-electron chi connectivity index (χ2n) is 15.3. The van der Waals surface area contributed by atoms with Gasteiger partial charge >= 0.3 is 12.2 Å². The molecule has 0 spiro atoms. The van der Waals surface area contributed by atoms with Crippen LogP contribution in [0, 0.1) is 0 Å². The molecule has 298 valence electrons. The minimum atomic E-state index is -1.52. The van der Waals surface area contributed by atoms with Gasteiger partial charge in [-0.15, -0.1) is 0 Å². The largest absolute Gasteiger partial charge is 0.453 e. The summed E-state index contributed by atoms with van der Waals surface area (Å²) in [5, 5.41) is 26.3. The number of aliphatic hydroxyl groups is 2. The number of nitrogens with zero attached hydrogens (tertiary/aromatic N) is 4.